The van der Waals surface area contributed by atoms with Gasteiger partial charge in [0, 0.05) is 5.56 Å². The van der Waals surface area contributed by atoms with E-state index in [-0.39, 0.29) is 11.8 Å². The Labute approximate surface area is 111 Å². The molecule has 0 saturated carbocycles. The van der Waals surface area contributed by atoms with Gasteiger partial charge in [-0.2, -0.15) is 0 Å². The number of hydrogen-bond donors (Lipinski definition) is 1. The van der Waals surface area contributed by atoms with Crippen LogP contribution in [0.15, 0.2) is 42.5 Å². The number of carbonyl (C=O) groups is 1. The van der Waals surface area contributed by atoms with Gasteiger partial charge in [0.25, 0.3) is 0 Å². The van der Waals surface area contributed by atoms with Gasteiger partial charge in [-0.15, -0.1) is 0 Å². The van der Waals surface area contributed by atoms with Crippen LogP contribution < -0.4 is 4.74 Å². The second kappa shape index (κ2) is 5.52. The molecular formula is C15H15NO3. The molecule has 0 fully saturated rings. The number of rotatable bonds is 4. The predicted octanol–water partition coefficient (Wildman–Crippen LogP) is 3.23. The standard InChI is InChI=1S/C15H15NO3/c1-10(2)19-12-8-6-11(7-9-12)13-4-3-5-14(16-13)15(17)18/h3-10H,1-2H3,(H,17,18). The Kier molecular flexibility index (Phi) is 3.80. The third-order valence-corrected chi connectivity index (χ3v) is 2.49. The minimum atomic E-state index is -1.03. The Bertz CT molecular complexity index is 576. The highest BCUT2D eigenvalue weighted by Crippen LogP contribution is 2.21. The van der Waals surface area contributed by atoms with Gasteiger partial charge in [-0.25, -0.2) is 9.78 Å². The van der Waals surface area contributed by atoms with Gasteiger partial charge < -0.3 is 9.84 Å². The monoisotopic (exact) mass is 257 g/mol. The number of pyridine rings is 1. The highest BCUT2D eigenvalue weighted by molar-refractivity contribution is 5.86. The molecule has 0 amide bonds. The normalized spacial score (nSPS) is 10.5. The summed E-state index contributed by atoms with van der Waals surface area (Å²) < 4.78 is 5.55. The molecule has 2 rings (SSSR count). The van der Waals surface area contributed by atoms with Crippen molar-refractivity contribution in [1.82, 2.24) is 4.98 Å². The summed E-state index contributed by atoms with van der Waals surface area (Å²) in [7, 11) is 0. The molecule has 4 nitrogen and oxygen atoms in total. The van der Waals surface area contributed by atoms with Crippen molar-refractivity contribution in [3.8, 4) is 17.0 Å². The lowest BCUT2D eigenvalue weighted by atomic mass is 10.1. The van der Waals surface area contributed by atoms with Crippen molar-refractivity contribution in [2.45, 2.75) is 20.0 Å². The van der Waals surface area contributed by atoms with Gasteiger partial charge >= 0.3 is 5.97 Å². The first-order chi connectivity index (χ1) is 9.06. The molecule has 0 aliphatic carbocycles. The lowest BCUT2D eigenvalue weighted by Gasteiger charge is -2.10. The topological polar surface area (TPSA) is 59.4 Å². The van der Waals surface area contributed by atoms with Gasteiger partial charge in [-0.3, -0.25) is 0 Å². The van der Waals surface area contributed by atoms with Gasteiger partial charge in [0.15, 0.2) is 0 Å². The van der Waals surface area contributed by atoms with E-state index in [9.17, 15) is 4.79 Å². The number of aromatic nitrogens is 1. The van der Waals surface area contributed by atoms with E-state index in [1.54, 1.807) is 12.1 Å². The molecule has 0 unspecified atom stereocenters. The largest absolute Gasteiger partial charge is 0.491 e. The van der Waals surface area contributed by atoms with Crippen LogP contribution in [-0.2, 0) is 0 Å². The lowest BCUT2D eigenvalue weighted by Crippen LogP contribution is -2.05. The molecule has 4 heteroatoms. The Balaban J connectivity index is 2.27. The summed E-state index contributed by atoms with van der Waals surface area (Å²) in [5, 5.41) is 8.92. The summed E-state index contributed by atoms with van der Waals surface area (Å²) in [6, 6.07) is 12.4. The van der Waals surface area contributed by atoms with Crippen LogP contribution in [0.1, 0.15) is 24.3 Å². The van der Waals surface area contributed by atoms with Gasteiger partial charge in [-0.05, 0) is 50.2 Å². The molecule has 98 valence electrons. The zero-order valence-electron chi connectivity index (χ0n) is 10.8. The van der Waals surface area contributed by atoms with Gasteiger partial charge in [0.2, 0.25) is 0 Å². The quantitative estimate of drug-likeness (QED) is 0.913. The number of nitrogens with zero attached hydrogens (tertiary/aromatic N) is 1. The van der Waals surface area contributed by atoms with Crippen LogP contribution in [0.3, 0.4) is 0 Å². The number of ether oxygens (including phenoxy) is 1. The van der Waals surface area contributed by atoms with Gasteiger partial charge in [0.1, 0.15) is 11.4 Å². The number of carboxylic acids is 1. The predicted molar refractivity (Wildman–Crippen MR) is 72.4 cm³/mol. The first-order valence-electron chi connectivity index (χ1n) is 6.03. The fourth-order valence-corrected chi connectivity index (χ4v) is 1.69. The number of hydrogen-bond acceptors (Lipinski definition) is 3. The summed E-state index contributed by atoms with van der Waals surface area (Å²) in [5.41, 5.74) is 1.54. The average Bonchev–Trinajstić information content (AvgIpc) is 2.39. The first kappa shape index (κ1) is 13.1. The average molecular weight is 257 g/mol. The SMILES string of the molecule is CC(C)Oc1ccc(-c2cccc(C(=O)O)n2)cc1. The Morgan fingerprint density at radius 3 is 2.42 bits per heavy atom. The van der Waals surface area contributed by atoms with Crippen LogP contribution in [-0.4, -0.2) is 22.2 Å². The summed E-state index contributed by atoms with van der Waals surface area (Å²) in [4.78, 5) is 15.0. The molecule has 1 heterocycles. The summed E-state index contributed by atoms with van der Waals surface area (Å²) >= 11 is 0. The molecule has 0 radical (unpaired) electrons. The molecule has 0 atom stereocenters. The van der Waals surface area contributed by atoms with Crippen LogP contribution in [0, 0.1) is 0 Å². The van der Waals surface area contributed by atoms with Gasteiger partial charge in [-0.1, -0.05) is 6.07 Å². The first-order valence-corrected chi connectivity index (χ1v) is 6.03. The fraction of sp³-hybridized carbons (Fsp3) is 0.200. The van der Waals surface area contributed by atoms with Crippen LogP contribution >= 0.6 is 0 Å². The molecule has 1 N–H and O–H groups in total. The number of benzene rings is 1. The molecule has 1 aromatic heterocycles. The minimum absolute atomic E-state index is 0.0417. The molecule has 0 saturated heterocycles. The Hall–Kier alpha value is -2.36. The molecule has 19 heavy (non-hydrogen) atoms. The van der Waals surface area contributed by atoms with Crippen molar-refractivity contribution >= 4 is 5.97 Å². The molecule has 1 aromatic carbocycles. The minimum Gasteiger partial charge on any atom is -0.491 e. The van der Waals surface area contributed by atoms with Crippen molar-refractivity contribution < 1.29 is 14.6 Å². The summed E-state index contributed by atoms with van der Waals surface area (Å²) in [6.07, 6.45) is 0.124. The smallest absolute Gasteiger partial charge is 0.354 e. The maximum Gasteiger partial charge on any atom is 0.354 e. The van der Waals surface area contributed by atoms with Crippen LogP contribution in [0.2, 0.25) is 0 Å². The second-order valence-corrected chi connectivity index (χ2v) is 4.40. The maximum atomic E-state index is 10.9. The van der Waals surface area contributed by atoms with Gasteiger partial charge in [0.05, 0.1) is 11.8 Å². The molecular weight excluding hydrogens is 242 g/mol. The van der Waals surface area contributed by atoms with Crippen LogP contribution in [0.25, 0.3) is 11.3 Å². The third-order valence-electron chi connectivity index (χ3n) is 2.49. The zero-order chi connectivity index (χ0) is 13.8. The van der Waals surface area contributed by atoms with E-state index in [4.69, 9.17) is 9.84 Å². The van der Waals surface area contributed by atoms with E-state index in [0.717, 1.165) is 11.3 Å². The van der Waals surface area contributed by atoms with Crippen molar-refractivity contribution in [2.75, 3.05) is 0 Å². The highest BCUT2D eigenvalue weighted by atomic mass is 16.5. The van der Waals surface area contributed by atoms with Crippen molar-refractivity contribution in [3.63, 3.8) is 0 Å². The molecule has 0 aliphatic heterocycles. The number of carboxylic acid groups (broad SMARTS) is 1. The highest BCUT2D eigenvalue weighted by Gasteiger charge is 2.07. The van der Waals surface area contributed by atoms with Crippen LogP contribution in [0.4, 0.5) is 0 Å². The maximum absolute atomic E-state index is 10.9. The van der Waals surface area contributed by atoms with Crippen molar-refractivity contribution in [2.24, 2.45) is 0 Å². The molecule has 0 bridgehead atoms. The van der Waals surface area contributed by atoms with Crippen molar-refractivity contribution in [3.05, 3.63) is 48.2 Å². The van der Waals surface area contributed by atoms with Crippen molar-refractivity contribution in [1.29, 1.82) is 0 Å². The molecule has 2 aromatic rings. The van der Waals surface area contributed by atoms with E-state index >= 15 is 0 Å². The van der Waals surface area contributed by atoms with E-state index in [2.05, 4.69) is 4.98 Å². The van der Waals surface area contributed by atoms with E-state index in [1.807, 2.05) is 38.1 Å². The zero-order valence-corrected chi connectivity index (χ0v) is 10.8. The third kappa shape index (κ3) is 3.31. The van der Waals surface area contributed by atoms with Crippen LogP contribution in [0.5, 0.6) is 5.75 Å². The summed E-state index contributed by atoms with van der Waals surface area (Å²) in [5.74, 6) is -0.241. The summed E-state index contributed by atoms with van der Waals surface area (Å²) in [6.45, 7) is 3.93. The van der Waals surface area contributed by atoms with E-state index in [1.165, 1.54) is 6.07 Å². The molecule has 0 spiro atoms. The second-order valence-electron chi connectivity index (χ2n) is 4.40. The fourth-order valence-electron chi connectivity index (χ4n) is 1.69. The lowest BCUT2D eigenvalue weighted by molar-refractivity contribution is 0.0690. The Morgan fingerprint density at radius 2 is 1.84 bits per heavy atom. The number of aromatic carboxylic acids is 1. The van der Waals surface area contributed by atoms with E-state index in [0.29, 0.717) is 5.69 Å². The molecule has 0 aliphatic rings. The van der Waals surface area contributed by atoms with E-state index < -0.39 is 5.97 Å². The Morgan fingerprint density at radius 1 is 1.16 bits per heavy atom.